The van der Waals surface area contributed by atoms with E-state index in [1.54, 1.807) is 0 Å². The molecule has 2 rings (SSSR count). The second-order valence-electron chi connectivity index (χ2n) is 4.64. The van der Waals surface area contributed by atoms with Gasteiger partial charge in [0.15, 0.2) is 0 Å². The summed E-state index contributed by atoms with van der Waals surface area (Å²) >= 11 is 0.00313. The Labute approximate surface area is 135 Å². The van der Waals surface area contributed by atoms with Gasteiger partial charge in [0.05, 0.1) is 0 Å². The molecular weight excluding hydrogens is 440 g/mol. The van der Waals surface area contributed by atoms with E-state index in [1.165, 1.54) is 18.3 Å². The van der Waals surface area contributed by atoms with Gasteiger partial charge in [-0.1, -0.05) is 0 Å². The van der Waals surface area contributed by atoms with Crippen LogP contribution in [-0.4, -0.2) is 0 Å². The Balaban J connectivity index is 0.000000295. The van der Waals surface area contributed by atoms with Gasteiger partial charge in [-0.15, -0.1) is 0 Å². The van der Waals surface area contributed by atoms with Crippen molar-refractivity contribution in [2.45, 2.75) is 13.8 Å². The predicted molar refractivity (Wildman–Crippen MR) is 73.3 cm³/mol. The van der Waals surface area contributed by atoms with Crippen LogP contribution in [0.4, 0.5) is 25.2 Å². The molecule has 0 N–H and O–H groups in total. The summed E-state index contributed by atoms with van der Waals surface area (Å²) in [5.74, 6) is 0. The van der Waals surface area contributed by atoms with Crippen molar-refractivity contribution in [2.75, 3.05) is 0 Å². The molecule has 0 fully saturated rings. The first-order valence-electron chi connectivity index (χ1n) is 6.03. The van der Waals surface area contributed by atoms with Gasteiger partial charge in [0.2, 0.25) is 0 Å². The van der Waals surface area contributed by atoms with Crippen molar-refractivity contribution in [1.82, 2.24) is 0 Å². The quantitative estimate of drug-likeness (QED) is 0.368. The van der Waals surface area contributed by atoms with Crippen LogP contribution in [-0.2, 0) is 0 Å². The third-order valence-corrected chi connectivity index (χ3v) is 4.92. The maximum absolute atomic E-state index is 10.7. The molecule has 0 aliphatic rings. The van der Waals surface area contributed by atoms with E-state index in [9.17, 15) is 25.2 Å². The molecule has 0 radical (unpaired) electrons. The molecule has 0 unspecified atom stereocenters. The number of rotatable bonds is 2. The van der Waals surface area contributed by atoms with Crippen molar-refractivity contribution >= 4 is 7.81 Å². The third kappa shape index (κ3) is 11.8. The molecular formula is C14H14F6IP-2. The average molecular weight is 454 g/mol. The molecule has 0 saturated carbocycles. The Morgan fingerprint density at radius 3 is 1.05 bits per heavy atom. The molecule has 8 heteroatoms. The first kappa shape index (κ1) is 19.2. The van der Waals surface area contributed by atoms with Crippen LogP contribution in [0.5, 0.6) is 0 Å². The van der Waals surface area contributed by atoms with Crippen LogP contribution >= 0.6 is 7.81 Å². The SMILES string of the molecule is Cc1ccc([I-]c2ccc(C)cc2)cc1.F[P-](F)(F)(F)(F)F. The number of aryl methyl sites for hydroxylation is 2. The molecule has 0 amide bonds. The van der Waals surface area contributed by atoms with Crippen LogP contribution in [0, 0.1) is 21.0 Å². The molecule has 0 aliphatic carbocycles. The number of hydrogen-bond acceptors (Lipinski definition) is 0. The molecule has 0 atom stereocenters. The van der Waals surface area contributed by atoms with Crippen molar-refractivity contribution in [1.29, 1.82) is 0 Å². The Hall–Kier alpha value is -0.820. The fourth-order valence-electron chi connectivity index (χ4n) is 1.32. The van der Waals surface area contributed by atoms with Crippen molar-refractivity contribution in [3.8, 4) is 0 Å². The van der Waals surface area contributed by atoms with E-state index in [2.05, 4.69) is 62.4 Å². The van der Waals surface area contributed by atoms with E-state index < -0.39 is 7.81 Å². The topological polar surface area (TPSA) is 0 Å². The Morgan fingerprint density at radius 1 is 0.591 bits per heavy atom. The average Bonchev–Trinajstić information content (AvgIpc) is 2.31. The minimum atomic E-state index is -10.7. The molecule has 0 spiro atoms. The van der Waals surface area contributed by atoms with E-state index in [1.807, 2.05) is 0 Å². The van der Waals surface area contributed by atoms with Crippen LogP contribution in [0.3, 0.4) is 0 Å². The van der Waals surface area contributed by atoms with Crippen molar-refractivity contribution in [3.05, 3.63) is 66.8 Å². The summed E-state index contributed by atoms with van der Waals surface area (Å²) in [7, 11) is -10.7. The predicted octanol–water partition coefficient (Wildman–Crippen LogP) is 3.81. The molecule has 2 aromatic carbocycles. The van der Waals surface area contributed by atoms with Crippen LogP contribution < -0.4 is 21.2 Å². The summed E-state index contributed by atoms with van der Waals surface area (Å²) in [6.07, 6.45) is 0. The summed E-state index contributed by atoms with van der Waals surface area (Å²) < 4.78 is 62.2. The van der Waals surface area contributed by atoms with Gasteiger partial charge in [-0.05, 0) is 0 Å². The molecule has 22 heavy (non-hydrogen) atoms. The van der Waals surface area contributed by atoms with Gasteiger partial charge < -0.3 is 0 Å². The summed E-state index contributed by atoms with van der Waals surface area (Å²) in [5, 5.41) is 0. The molecule has 2 aromatic rings. The van der Waals surface area contributed by atoms with Crippen LogP contribution in [0.15, 0.2) is 48.5 Å². The second-order valence-corrected chi connectivity index (χ2v) is 9.59. The van der Waals surface area contributed by atoms with Gasteiger partial charge >= 0.3 is 135 Å². The summed E-state index contributed by atoms with van der Waals surface area (Å²) in [6.45, 7) is 4.27. The number of halogens is 7. The van der Waals surface area contributed by atoms with Gasteiger partial charge in [0, 0.05) is 0 Å². The maximum atomic E-state index is 9.87. The normalized spacial score (nSPS) is 14.5. The zero-order valence-electron chi connectivity index (χ0n) is 11.7. The van der Waals surface area contributed by atoms with E-state index in [4.69, 9.17) is 0 Å². The third-order valence-electron chi connectivity index (χ3n) is 2.24. The molecule has 0 saturated heterocycles. The first-order chi connectivity index (χ1) is 9.69. The molecule has 0 bridgehead atoms. The van der Waals surface area contributed by atoms with Crippen LogP contribution in [0.25, 0.3) is 0 Å². The molecule has 0 aromatic heterocycles. The van der Waals surface area contributed by atoms with E-state index in [0.717, 1.165) is 0 Å². The number of hydrogen-bond donors (Lipinski definition) is 0. The Kier molecular flexibility index (Phi) is 5.24. The zero-order chi connectivity index (χ0) is 17.1. The first-order valence-corrected chi connectivity index (χ1v) is 10.2. The van der Waals surface area contributed by atoms with E-state index in [0.29, 0.717) is 0 Å². The van der Waals surface area contributed by atoms with Crippen LogP contribution in [0.1, 0.15) is 11.1 Å². The number of benzene rings is 2. The standard InChI is InChI=1S/C14H14I.F6P/c1-11-3-7-13(8-4-11)15-14-9-5-12(2)6-10-14;1-7(2,3,4,5)6/h3-10H,1-2H3;/q2*-1. The molecule has 0 aliphatic heterocycles. The van der Waals surface area contributed by atoms with Gasteiger partial charge in [0.25, 0.3) is 0 Å². The van der Waals surface area contributed by atoms with Crippen molar-refractivity contribution in [2.24, 2.45) is 0 Å². The second kappa shape index (κ2) is 6.00. The fraction of sp³-hybridized carbons (Fsp3) is 0.143. The van der Waals surface area contributed by atoms with Gasteiger partial charge in [-0.25, -0.2) is 0 Å². The monoisotopic (exact) mass is 454 g/mol. The van der Waals surface area contributed by atoms with Crippen molar-refractivity contribution < 1.29 is 46.4 Å². The Morgan fingerprint density at radius 2 is 0.818 bits per heavy atom. The van der Waals surface area contributed by atoms with E-state index >= 15 is 0 Å². The van der Waals surface area contributed by atoms with Crippen molar-refractivity contribution in [3.63, 3.8) is 0 Å². The van der Waals surface area contributed by atoms with Gasteiger partial charge in [-0.3, -0.25) is 0 Å². The summed E-state index contributed by atoms with van der Waals surface area (Å²) in [5.41, 5.74) is 2.68. The fourth-order valence-corrected chi connectivity index (χ4v) is 3.48. The van der Waals surface area contributed by atoms with Gasteiger partial charge in [-0.2, -0.15) is 0 Å². The molecule has 126 valence electrons. The van der Waals surface area contributed by atoms with E-state index in [-0.39, 0.29) is 21.2 Å². The molecule has 0 heterocycles. The minimum absolute atomic E-state index is 0.00313. The summed E-state index contributed by atoms with van der Waals surface area (Å²) in [6, 6.07) is 17.8. The Bertz CT molecular complexity index is 562. The van der Waals surface area contributed by atoms with Gasteiger partial charge in [0.1, 0.15) is 0 Å². The van der Waals surface area contributed by atoms with Crippen LogP contribution in [0.2, 0.25) is 0 Å². The molecule has 0 nitrogen and oxygen atoms in total. The summed E-state index contributed by atoms with van der Waals surface area (Å²) in [4.78, 5) is 0. The zero-order valence-corrected chi connectivity index (χ0v) is 14.8.